The third kappa shape index (κ3) is 4.63. The number of ether oxygens (including phenoxy) is 1. The van der Waals surface area contributed by atoms with Crippen molar-refractivity contribution in [3.8, 4) is 5.75 Å². The number of halogens is 1. The van der Waals surface area contributed by atoms with E-state index >= 15 is 0 Å². The molecular formula is C12H17ClN2O2. The number of benzene rings is 1. The van der Waals surface area contributed by atoms with Crippen LogP contribution in [0, 0.1) is 0 Å². The first-order valence-corrected chi connectivity index (χ1v) is 5.78. The maximum atomic E-state index is 11.0. The van der Waals surface area contributed by atoms with Gasteiger partial charge in [-0.1, -0.05) is 17.7 Å². The van der Waals surface area contributed by atoms with Crippen LogP contribution in [0.15, 0.2) is 18.2 Å². The van der Waals surface area contributed by atoms with Crippen molar-refractivity contribution in [2.75, 3.05) is 13.7 Å². The summed E-state index contributed by atoms with van der Waals surface area (Å²) in [7, 11) is 1.55. The van der Waals surface area contributed by atoms with Gasteiger partial charge in [0.05, 0.1) is 5.02 Å². The minimum absolute atomic E-state index is 0.0388. The van der Waals surface area contributed by atoms with E-state index in [2.05, 4.69) is 5.32 Å². The Bertz CT molecular complexity index is 394. The van der Waals surface area contributed by atoms with Crippen molar-refractivity contribution in [2.45, 2.75) is 19.4 Å². The Labute approximate surface area is 106 Å². The van der Waals surface area contributed by atoms with Gasteiger partial charge < -0.3 is 15.8 Å². The van der Waals surface area contributed by atoms with E-state index in [1.165, 1.54) is 0 Å². The Kier molecular flexibility index (Phi) is 5.25. The molecule has 1 aromatic carbocycles. The molecule has 17 heavy (non-hydrogen) atoms. The first-order chi connectivity index (χ1) is 8.02. The SMILES string of the molecule is CNC(=O)COc1ccc(CC(C)N)cc1Cl. The van der Waals surface area contributed by atoms with Gasteiger partial charge in [-0.15, -0.1) is 0 Å². The molecule has 5 heteroatoms. The van der Waals surface area contributed by atoms with Gasteiger partial charge in [-0.3, -0.25) is 4.79 Å². The van der Waals surface area contributed by atoms with Crippen LogP contribution >= 0.6 is 11.6 Å². The molecule has 1 atom stereocenters. The van der Waals surface area contributed by atoms with Crippen molar-refractivity contribution in [3.63, 3.8) is 0 Å². The van der Waals surface area contributed by atoms with E-state index < -0.39 is 0 Å². The zero-order valence-corrected chi connectivity index (χ0v) is 10.8. The van der Waals surface area contributed by atoms with Crippen LogP contribution in [-0.2, 0) is 11.2 Å². The number of nitrogens with two attached hydrogens (primary N) is 1. The van der Waals surface area contributed by atoms with E-state index in [4.69, 9.17) is 22.1 Å². The molecule has 0 bridgehead atoms. The average Bonchev–Trinajstić information content (AvgIpc) is 2.26. The molecule has 0 aromatic heterocycles. The van der Waals surface area contributed by atoms with Crippen LogP contribution in [0.1, 0.15) is 12.5 Å². The summed E-state index contributed by atoms with van der Waals surface area (Å²) in [6, 6.07) is 5.55. The molecule has 0 heterocycles. The smallest absolute Gasteiger partial charge is 0.257 e. The Morgan fingerprint density at radius 3 is 2.82 bits per heavy atom. The third-order valence-electron chi connectivity index (χ3n) is 2.19. The summed E-state index contributed by atoms with van der Waals surface area (Å²) in [6.07, 6.45) is 0.759. The maximum absolute atomic E-state index is 11.0. The molecule has 0 aliphatic heterocycles. The standard InChI is InChI=1S/C12H17ClN2O2/c1-8(14)5-9-3-4-11(10(13)6-9)17-7-12(16)15-2/h3-4,6,8H,5,7,14H2,1-2H3,(H,15,16). The highest BCUT2D eigenvalue weighted by Crippen LogP contribution is 2.25. The van der Waals surface area contributed by atoms with Gasteiger partial charge in [-0.25, -0.2) is 0 Å². The van der Waals surface area contributed by atoms with E-state index in [-0.39, 0.29) is 18.6 Å². The summed E-state index contributed by atoms with van der Waals surface area (Å²) in [5.41, 5.74) is 6.75. The topological polar surface area (TPSA) is 64.3 Å². The molecule has 0 aliphatic carbocycles. The van der Waals surface area contributed by atoms with Gasteiger partial charge >= 0.3 is 0 Å². The number of amides is 1. The summed E-state index contributed by atoms with van der Waals surface area (Å²) >= 11 is 6.04. The van der Waals surface area contributed by atoms with Crippen molar-refractivity contribution in [1.29, 1.82) is 0 Å². The molecule has 0 saturated heterocycles. The van der Waals surface area contributed by atoms with Crippen LogP contribution < -0.4 is 15.8 Å². The lowest BCUT2D eigenvalue weighted by molar-refractivity contribution is -0.122. The molecule has 3 N–H and O–H groups in total. The lowest BCUT2D eigenvalue weighted by Gasteiger charge is -2.10. The zero-order chi connectivity index (χ0) is 12.8. The second-order valence-electron chi connectivity index (χ2n) is 3.91. The second-order valence-corrected chi connectivity index (χ2v) is 4.32. The van der Waals surface area contributed by atoms with Gasteiger partial charge in [0.2, 0.25) is 0 Å². The van der Waals surface area contributed by atoms with Crippen LogP contribution in [0.2, 0.25) is 5.02 Å². The molecule has 0 saturated carbocycles. The fraction of sp³-hybridized carbons (Fsp3) is 0.417. The van der Waals surface area contributed by atoms with E-state index in [9.17, 15) is 4.79 Å². The molecule has 1 amide bonds. The Hall–Kier alpha value is -1.26. The fourth-order valence-electron chi connectivity index (χ4n) is 1.38. The molecule has 1 aromatic rings. The Balaban J connectivity index is 2.66. The van der Waals surface area contributed by atoms with E-state index in [1.807, 2.05) is 19.1 Å². The summed E-state index contributed by atoms with van der Waals surface area (Å²) < 4.78 is 5.27. The molecule has 1 unspecified atom stereocenters. The van der Waals surface area contributed by atoms with Crippen molar-refractivity contribution in [2.24, 2.45) is 5.73 Å². The molecule has 0 spiro atoms. The quantitative estimate of drug-likeness (QED) is 0.836. The first-order valence-electron chi connectivity index (χ1n) is 5.40. The number of likely N-dealkylation sites (N-methyl/N-ethyl adjacent to an activating group) is 1. The zero-order valence-electron chi connectivity index (χ0n) is 10.00. The van der Waals surface area contributed by atoms with Gasteiger partial charge in [-0.05, 0) is 31.0 Å². The van der Waals surface area contributed by atoms with Gasteiger partial charge in [0.25, 0.3) is 5.91 Å². The highest BCUT2D eigenvalue weighted by atomic mass is 35.5. The van der Waals surface area contributed by atoms with Crippen LogP contribution in [0.3, 0.4) is 0 Å². The van der Waals surface area contributed by atoms with Gasteiger partial charge in [0.1, 0.15) is 5.75 Å². The van der Waals surface area contributed by atoms with E-state index in [0.29, 0.717) is 10.8 Å². The highest BCUT2D eigenvalue weighted by Gasteiger charge is 2.06. The summed E-state index contributed by atoms with van der Waals surface area (Å²) in [5.74, 6) is 0.310. The van der Waals surface area contributed by atoms with Crippen molar-refractivity contribution in [1.82, 2.24) is 5.32 Å². The largest absolute Gasteiger partial charge is 0.482 e. The molecule has 0 fully saturated rings. The van der Waals surface area contributed by atoms with E-state index in [0.717, 1.165) is 12.0 Å². The molecular weight excluding hydrogens is 240 g/mol. The summed E-state index contributed by atoms with van der Waals surface area (Å²) in [6.45, 7) is 1.90. The number of hydrogen-bond donors (Lipinski definition) is 2. The van der Waals surface area contributed by atoms with Crippen molar-refractivity contribution < 1.29 is 9.53 Å². The normalized spacial score (nSPS) is 12.0. The number of nitrogens with one attached hydrogen (secondary N) is 1. The predicted molar refractivity (Wildman–Crippen MR) is 68.4 cm³/mol. The molecule has 4 nitrogen and oxygen atoms in total. The van der Waals surface area contributed by atoms with Crippen LogP contribution in [0.4, 0.5) is 0 Å². The van der Waals surface area contributed by atoms with Crippen molar-refractivity contribution in [3.05, 3.63) is 28.8 Å². The minimum atomic E-state index is -0.194. The molecule has 0 radical (unpaired) electrons. The van der Waals surface area contributed by atoms with Gasteiger partial charge in [0, 0.05) is 13.1 Å². The monoisotopic (exact) mass is 256 g/mol. The number of rotatable bonds is 5. The lowest BCUT2D eigenvalue weighted by Crippen LogP contribution is -2.24. The summed E-state index contributed by atoms with van der Waals surface area (Å²) in [4.78, 5) is 11.0. The van der Waals surface area contributed by atoms with Crippen LogP contribution in [0.25, 0.3) is 0 Å². The molecule has 0 aliphatic rings. The maximum Gasteiger partial charge on any atom is 0.257 e. The van der Waals surface area contributed by atoms with Crippen LogP contribution in [0.5, 0.6) is 5.75 Å². The number of hydrogen-bond acceptors (Lipinski definition) is 3. The first kappa shape index (κ1) is 13.8. The predicted octanol–water partition coefficient (Wildman–Crippen LogP) is 1.35. The molecule has 94 valence electrons. The van der Waals surface area contributed by atoms with Gasteiger partial charge in [-0.2, -0.15) is 0 Å². The van der Waals surface area contributed by atoms with Gasteiger partial charge in [0.15, 0.2) is 6.61 Å². The third-order valence-corrected chi connectivity index (χ3v) is 2.49. The Morgan fingerprint density at radius 2 is 2.29 bits per heavy atom. The average molecular weight is 257 g/mol. The van der Waals surface area contributed by atoms with E-state index in [1.54, 1.807) is 13.1 Å². The number of carbonyl (C=O) groups excluding carboxylic acids is 1. The van der Waals surface area contributed by atoms with Crippen molar-refractivity contribution >= 4 is 17.5 Å². The minimum Gasteiger partial charge on any atom is -0.482 e. The second kappa shape index (κ2) is 6.47. The Morgan fingerprint density at radius 1 is 1.59 bits per heavy atom. The lowest BCUT2D eigenvalue weighted by atomic mass is 10.1. The molecule has 1 rings (SSSR count). The van der Waals surface area contributed by atoms with Crippen LogP contribution in [-0.4, -0.2) is 25.6 Å². The highest BCUT2D eigenvalue weighted by molar-refractivity contribution is 6.32. The number of carbonyl (C=O) groups is 1. The fourth-order valence-corrected chi connectivity index (χ4v) is 1.63. The summed E-state index contributed by atoms with van der Waals surface area (Å²) in [5, 5.41) is 2.96.